The average molecular weight is 247 g/mol. The molecule has 1 aromatic carbocycles. The summed E-state index contributed by atoms with van der Waals surface area (Å²) in [4.78, 5) is 11.0. The fourth-order valence-corrected chi connectivity index (χ4v) is 2.49. The van der Waals surface area contributed by atoms with E-state index in [0.29, 0.717) is 17.3 Å². The van der Waals surface area contributed by atoms with Gasteiger partial charge in [-0.3, -0.25) is 4.79 Å². The topological polar surface area (TPSA) is 81.1 Å². The van der Waals surface area contributed by atoms with E-state index in [4.69, 9.17) is 11.5 Å². The third kappa shape index (κ3) is 3.15. The standard InChI is InChI=1S/C14H21N3O/c15-12-9-10(14(16)18)7-8-13(12)17-11-5-3-1-2-4-6-11/h7-9,11,17H,1-6,15H2,(H2,16,18). The first kappa shape index (κ1) is 12.7. The van der Waals surface area contributed by atoms with Gasteiger partial charge >= 0.3 is 0 Å². The number of hydrogen-bond donors (Lipinski definition) is 3. The molecule has 2 rings (SSSR count). The highest BCUT2D eigenvalue weighted by molar-refractivity contribution is 5.94. The Morgan fingerprint density at radius 3 is 2.39 bits per heavy atom. The fraction of sp³-hybridized carbons (Fsp3) is 0.500. The molecule has 1 aliphatic rings. The Bertz CT molecular complexity index is 423. The molecule has 1 saturated carbocycles. The van der Waals surface area contributed by atoms with Gasteiger partial charge in [-0.1, -0.05) is 25.7 Å². The molecule has 5 N–H and O–H groups in total. The van der Waals surface area contributed by atoms with Crippen LogP contribution in [0.4, 0.5) is 11.4 Å². The molecule has 4 nitrogen and oxygen atoms in total. The van der Waals surface area contributed by atoms with E-state index >= 15 is 0 Å². The molecular weight excluding hydrogens is 226 g/mol. The Hall–Kier alpha value is -1.71. The summed E-state index contributed by atoms with van der Waals surface area (Å²) in [6.07, 6.45) is 7.59. The van der Waals surface area contributed by atoms with Crippen molar-refractivity contribution in [3.05, 3.63) is 23.8 Å². The average Bonchev–Trinajstić information content (AvgIpc) is 2.60. The van der Waals surface area contributed by atoms with Crippen molar-refractivity contribution in [1.29, 1.82) is 0 Å². The molecular formula is C14H21N3O. The Balaban J connectivity index is 2.06. The summed E-state index contributed by atoms with van der Waals surface area (Å²) in [5.41, 5.74) is 13.1. The normalized spacial score (nSPS) is 17.1. The largest absolute Gasteiger partial charge is 0.397 e. The van der Waals surface area contributed by atoms with Crippen molar-refractivity contribution in [3.63, 3.8) is 0 Å². The van der Waals surface area contributed by atoms with Gasteiger partial charge in [0.2, 0.25) is 5.91 Å². The van der Waals surface area contributed by atoms with Crippen molar-refractivity contribution < 1.29 is 4.79 Å². The van der Waals surface area contributed by atoms with Gasteiger partial charge in [-0.2, -0.15) is 0 Å². The van der Waals surface area contributed by atoms with Gasteiger partial charge in [-0.05, 0) is 31.0 Å². The highest BCUT2D eigenvalue weighted by Gasteiger charge is 2.13. The fourth-order valence-electron chi connectivity index (χ4n) is 2.49. The zero-order valence-corrected chi connectivity index (χ0v) is 10.6. The molecule has 98 valence electrons. The molecule has 0 saturated heterocycles. The molecule has 0 atom stereocenters. The smallest absolute Gasteiger partial charge is 0.248 e. The number of hydrogen-bond acceptors (Lipinski definition) is 3. The monoisotopic (exact) mass is 247 g/mol. The zero-order valence-electron chi connectivity index (χ0n) is 10.6. The van der Waals surface area contributed by atoms with Crippen molar-refractivity contribution in [3.8, 4) is 0 Å². The highest BCUT2D eigenvalue weighted by Crippen LogP contribution is 2.25. The molecule has 0 aliphatic heterocycles. The SMILES string of the molecule is NC(=O)c1ccc(NC2CCCCCC2)c(N)c1. The number of rotatable bonds is 3. The van der Waals surface area contributed by atoms with Gasteiger partial charge in [0.15, 0.2) is 0 Å². The predicted molar refractivity (Wildman–Crippen MR) is 74.5 cm³/mol. The summed E-state index contributed by atoms with van der Waals surface area (Å²) in [5, 5.41) is 3.48. The van der Waals surface area contributed by atoms with E-state index in [1.165, 1.54) is 38.5 Å². The first-order valence-corrected chi connectivity index (χ1v) is 6.62. The van der Waals surface area contributed by atoms with E-state index in [0.717, 1.165) is 5.69 Å². The Kier molecular flexibility index (Phi) is 4.07. The number of benzene rings is 1. The molecule has 0 bridgehead atoms. The van der Waals surface area contributed by atoms with Crippen molar-refractivity contribution >= 4 is 17.3 Å². The number of nitrogens with two attached hydrogens (primary N) is 2. The van der Waals surface area contributed by atoms with Gasteiger partial charge in [0.25, 0.3) is 0 Å². The van der Waals surface area contributed by atoms with Gasteiger partial charge in [0.05, 0.1) is 11.4 Å². The molecule has 1 amide bonds. The van der Waals surface area contributed by atoms with Crippen LogP contribution in [0.25, 0.3) is 0 Å². The number of anilines is 2. The second-order valence-corrected chi connectivity index (χ2v) is 5.00. The van der Waals surface area contributed by atoms with Crippen molar-refractivity contribution in [2.75, 3.05) is 11.1 Å². The summed E-state index contributed by atoms with van der Waals surface area (Å²) < 4.78 is 0. The Labute approximate surface area is 108 Å². The van der Waals surface area contributed by atoms with Gasteiger partial charge in [0, 0.05) is 11.6 Å². The third-order valence-electron chi connectivity index (χ3n) is 3.55. The van der Waals surface area contributed by atoms with Gasteiger partial charge in [0.1, 0.15) is 0 Å². The Morgan fingerprint density at radius 1 is 1.17 bits per heavy atom. The van der Waals surface area contributed by atoms with Crippen LogP contribution in [0.15, 0.2) is 18.2 Å². The van der Waals surface area contributed by atoms with Crippen molar-refractivity contribution in [2.24, 2.45) is 5.73 Å². The van der Waals surface area contributed by atoms with Crippen molar-refractivity contribution in [2.45, 2.75) is 44.6 Å². The summed E-state index contributed by atoms with van der Waals surface area (Å²) in [7, 11) is 0. The molecule has 0 radical (unpaired) electrons. The van der Waals surface area contributed by atoms with E-state index in [1.54, 1.807) is 12.1 Å². The van der Waals surface area contributed by atoms with E-state index in [-0.39, 0.29) is 0 Å². The number of nitrogens with one attached hydrogen (secondary N) is 1. The van der Waals surface area contributed by atoms with Gasteiger partial charge < -0.3 is 16.8 Å². The van der Waals surface area contributed by atoms with E-state index < -0.39 is 5.91 Å². The van der Waals surface area contributed by atoms with Crippen LogP contribution in [-0.2, 0) is 0 Å². The maximum Gasteiger partial charge on any atom is 0.248 e. The molecule has 4 heteroatoms. The number of carbonyl (C=O) groups is 1. The summed E-state index contributed by atoms with van der Waals surface area (Å²) in [6, 6.07) is 5.70. The minimum absolute atomic E-state index is 0.442. The number of nitrogen functional groups attached to an aromatic ring is 1. The van der Waals surface area contributed by atoms with E-state index in [2.05, 4.69) is 5.32 Å². The Morgan fingerprint density at radius 2 is 1.83 bits per heavy atom. The second-order valence-electron chi connectivity index (χ2n) is 5.00. The highest BCUT2D eigenvalue weighted by atomic mass is 16.1. The first-order chi connectivity index (χ1) is 8.66. The molecule has 1 aliphatic carbocycles. The van der Waals surface area contributed by atoms with Crippen LogP contribution in [0, 0.1) is 0 Å². The van der Waals surface area contributed by atoms with Crippen molar-refractivity contribution in [1.82, 2.24) is 0 Å². The lowest BCUT2D eigenvalue weighted by Gasteiger charge is -2.19. The van der Waals surface area contributed by atoms with Crippen LogP contribution in [0.2, 0.25) is 0 Å². The lowest BCUT2D eigenvalue weighted by atomic mass is 10.1. The maximum atomic E-state index is 11.0. The zero-order chi connectivity index (χ0) is 13.0. The minimum atomic E-state index is -0.442. The molecule has 0 aromatic heterocycles. The summed E-state index contributed by atoms with van der Waals surface area (Å²) in [6.45, 7) is 0. The lowest BCUT2D eigenvalue weighted by Crippen LogP contribution is -2.19. The van der Waals surface area contributed by atoms with Gasteiger partial charge in [-0.25, -0.2) is 0 Å². The number of amides is 1. The van der Waals surface area contributed by atoms with Crippen LogP contribution in [0.5, 0.6) is 0 Å². The lowest BCUT2D eigenvalue weighted by molar-refractivity contribution is 0.100. The van der Waals surface area contributed by atoms with E-state index in [1.807, 2.05) is 6.07 Å². The van der Waals surface area contributed by atoms with Crippen LogP contribution < -0.4 is 16.8 Å². The van der Waals surface area contributed by atoms with Crippen LogP contribution in [0.1, 0.15) is 48.9 Å². The summed E-state index contributed by atoms with van der Waals surface area (Å²) in [5.74, 6) is -0.442. The van der Waals surface area contributed by atoms with Crippen LogP contribution >= 0.6 is 0 Å². The molecule has 1 aromatic rings. The number of primary amides is 1. The predicted octanol–water partition coefficient (Wildman–Crippen LogP) is 2.50. The quantitative estimate of drug-likeness (QED) is 0.567. The third-order valence-corrected chi connectivity index (χ3v) is 3.55. The van der Waals surface area contributed by atoms with Crippen LogP contribution in [-0.4, -0.2) is 11.9 Å². The van der Waals surface area contributed by atoms with E-state index in [9.17, 15) is 4.79 Å². The maximum absolute atomic E-state index is 11.0. The summed E-state index contributed by atoms with van der Waals surface area (Å²) >= 11 is 0. The molecule has 0 heterocycles. The first-order valence-electron chi connectivity index (χ1n) is 6.62. The number of carbonyl (C=O) groups excluding carboxylic acids is 1. The molecule has 0 unspecified atom stereocenters. The minimum Gasteiger partial charge on any atom is -0.397 e. The van der Waals surface area contributed by atoms with Crippen LogP contribution in [0.3, 0.4) is 0 Å². The molecule has 0 spiro atoms. The molecule has 18 heavy (non-hydrogen) atoms. The van der Waals surface area contributed by atoms with Gasteiger partial charge in [-0.15, -0.1) is 0 Å². The second kappa shape index (κ2) is 5.76. The molecule has 1 fully saturated rings.